The minimum Gasteiger partial charge on any atom is -0.352 e. The van der Waals surface area contributed by atoms with Gasteiger partial charge in [0.05, 0.1) is 16.6 Å². The lowest BCUT2D eigenvalue weighted by Crippen LogP contribution is -2.32. The molecular formula is C18H23N5O3S. The van der Waals surface area contributed by atoms with Gasteiger partial charge in [0, 0.05) is 17.8 Å². The molecule has 2 aromatic rings. The van der Waals surface area contributed by atoms with Crippen molar-refractivity contribution in [1.29, 1.82) is 0 Å². The van der Waals surface area contributed by atoms with E-state index in [1.165, 1.54) is 6.07 Å². The molecule has 144 valence electrons. The van der Waals surface area contributed by atoms with Crippen molar-refractivity contribution in [3.8, 4) is 0 Å². The number of nitrogens with zero attached hydrogens (tertiary/aromatic N) is 3. The number of amides is 1. The number of amidine groups is 1. The van der Waals surface area contributed by atoms with Crippen molar-refractivity contribution in [2.45, 2.75) is 38.6 Å². The van der Waals surface area contributed by atoms with Gasteiger partial charge in [-0.15, -0.1) is 0 Å². The van der Waals surface area contributed by atoms with Crippen LogP contribution in [0.15, 0.2) is 34.2 Å². The number of aryl methyl sites for hydroxylation is 1. The Balaban J connectivity index is 1.62. The third-order valence-electron chi connectivity index (χ3n) is 4.74. The lowest BCUT2D eigenvalue weighted by Gasteiger charge is -2.15. The zero-order valence-electron chi connectivity index (χ0n) is 15.8. The first-order chi connectivity index (χ1) is 12.7. The number of hydrogen-bond acceptors (Lipinski definition) is 5. The normalized spacial score (nSPS) is 17.4. The van der Waals surface area contributed by atoms with Gasteiger partial charge in [-0.1, -0.05) is 12.1 Å². The van der Waals surface area contributed by atoms with Gasteiger partial charge in [0.25, 0.3) is 10.0 Å². The maximum atomic E-state index is 12.1. The molecule has 1 aromatic carbocycles. The standard InChI is InChI=1S/C18H23N5O3S/c1-11(23-14(4)12(2)13(3)21-23)9-19-17(24)10-20-18-15-7-5-6-8-16(15)27(25,26)22-18/h5-8,11H,9-10H2,1-4H3,(H,19,24)(H,20,22). The minimum absolute atomic E-state index is 0.000266. The van der Waals surface area contributed by atoms with Crippen molar-refractivity contribution in [2.24, 2.45) is 4.99 Å². The first-order valence-corrected chi connectivity index (χ1v) is 10.1. The highest BCUT2D eigenvalue weighted by atomic mass is 32.2. The fourth-order valence-corrected chi connectivity index (χ4v) is 4.23. The topological polar surface area (TPSA) is 105 Å². The van der Waals surface area contributed by atoms with Gasteiger partial charge in [0.1, 0.15) is 12.4 Å². The number of aromatic nitrogens is 2. The summed E-state index contributed by atoms with van der Waals surface area (Å²) in [6.07, 6.45) is 0. The predicted molar refractivity (Wildman–Crippen MR) is 102 cm³/mol. The van der Waals surface area contributed by atoms with Gasteiger partial charge in [-0.25, -0.2) is 8.42 Å². The summed E-state index contributed by atoms with van der Waals surface area (Å²) in [6, 6.07) is 6.56. The van der Waals surface area contributed by atoms with Crippen molar-refractivity contribution in [2.75, 3.05) is 13.1 Å². The summed E-state index contributed by atoms with van der Waals surface area (Å²) in [5, 5.41) is 7.32. The first-order valence-electron chi connectivity index (χ1n) is 8.66. The first kappa shape index (κ1) is 19.1. The molecule has 0 spiro atoms. The summed E-state index contributed by atoms with van der Waals surface area (Å²) in [5.41, 5.74) is 3.68. The Morgan fingerprint density at radius 3 is 2.67 bits per heavy atom. The van der Waals surface area contributed by atoms with Crippen molar-refractivity contribution >= 4 is 21.8 Å². The molecule has 0 saturated heterocycles. The largest absolute Gasteiger partial charge is 0.352 e. The molecule has 27 heavy (non-hydrogen) atoms. The van der Waals surface area contributed by atoms with Gasteiger partial charge in [-0.3, -0.25) is 19.2 Å². The molecule has 1 aliphatic heterocycles. The van der Waals surface area contributed by atoms with Crippen LogP contribution in [-0.2, 0) is 14.8 Å². The van der Waals surface area contributed by atoms with Gasteiger partial charge in [-0.05, 0) is 45.4 Å². The Labute approximate surface area is 158 Å². The van der Waals surface area contributed by atoms with E-state index in [0.29, 0.717) is 12.1 Å². The molecule has 0 aliphatic carbocycles. The van der Waals surface area contributed by atoms with Crippen LogP contribution in [0.4, 0.5) is 0 Å². The van der Waals surface area contributed by atoms with Gasteiger partial charge in [0.15, 0.2) is 0 Å². The van der Waals surface area contributed by atoms with E-state index < -0.39 is 10.0 Å². The van der Waals surface area contributed by atoms with Crippen LogP contribution in [0.25, 0.3) is 0 Å². The van der Waals surface area contributed by atoms with Crippen molar-refractivity contribution in [3.05, 3.63) is 46.8 Å². The molecule has 2 heterocycles. The van der Waals surface area contributed by atoms with Crippen molar-refractivity contribution in [1.82, 2.24) is 19.8 Å². The fraction of sp³-hybridized carbons (Fsp3) is 0.389. The molecule has 0 saturated carbocycles. The molecule has 0 radical (unpaired) electrons. The Kier molecular flexibility index (Phi) is 5.05. The minimum atomic E-state index is -3.60. The van der Waals surface area contributed by atoms with Gasteiger partial charge in [-0.2, -0.15) is 5.10 Å². The van der Waals surface area contributed by atoms with Crippen LogP contribution in [0.1, 0.15) is 35.5 Å². The highest BCUT2D eigenvalue weighted by Crippen LogP contribution is 2.22. The van der Waals surface area contributed by atoms with E-state index in [1.54, 1.807) is 18.2 Å². The van der Waals surface area contributed by atoms with Gasteiger partial charge >= 0.3 is 0 Å². The third-order valence-corrected chi connectivity index (χ3v) is 6.14. The Hall–Kier alpha value is -2.68. The number of nitrogens with one attached hydrogen (secondary N) is 2. The van der Waals surface area contributed by atoms with E-state index in [0.717, 1.165) is 17.0 Å². The number of rotatable bonds is 5. The van der Waals surface area contributed by atoms with Crippen LogP contribution < -0.4 is 10.0 Å². The van der Waals surface area contributed by atoms with E-state index in [9.17, 15) is 13.2 Å². The molecule has 1 atom stereocenters. The second-order valence-corrected chi connectivity index (χ2v) is 8.31. The number of hydrogen-bond donors (Lipinski definition) is 2. The van der Waals surface area contributed by atoms with Crippen LogP contribution in [0.2, 0.25) is 0 Å². The second-order valence-electron chi connectivity index (χ2n) is 6.66. The van der Waals surface area contributed by atoms with Crippen LogP contribution in [-0.4, -0.2) is 43.0 Å². The van der Waals surface area contributed by atoms with E-state index in [4.69, 9.17) is 0 Å². The maximum Gasteiger partial charge on any atom is 0.263 e. The number of aliphatic imine (C=N–C) groups is 1. The number of fused-ring (bicyclic) bond motifs is 1. The lowest BCUT2D eigenvalue weighted by atomic mass is 10.2. The summed E-state index contributed by atoms with van der Waals surface area (Å²) in [7, 11) is -3.60. The Morgan fingerprint density at radius 1 is 1.30 bits per heavy atom. The zero-order chi connectivity index (χ0) is 19.8. The third kappa shape index (κ3) is 3.73. The summed E-state index contributed by atoms with van der Waals surface area (Å²) in [5.74, 6) is -0.0841. The van der Waals surface area contributed by atoms with Crippen LogP contribution in [0, 0.1) is 20.8 Å². The highest BCUT2D eigenvalue weighted by molar-refractivity contribution is 7.90. The summed E-state index contributed by atoms with van der Waals surface area (Å²) in [6.45, 7) is 8.22. The van der Waals surface area contributed by atoms with Crippen molar-refractivity contribution in [3.63, 3.8) is 0 Å². The fourth-order valence-electron chi connectivity index (χ4n) is 2.98. The van der Waals surface area contributed by atoms with E-state index in [1.807, 2.05) is 32.4 Å². The number of sulfonamides is 1. The molecule has 1 aromatic heterocycles. The SMILES string of the molecule is Cc1nn(C(C)CNC(=O)CN=C2NS(=O)(=O)c3ccccc32)c(C)c1C. The maximum absolute atomic E-state index is 12.1. The van der Waals surface area contributed by atoms with Gasteiger partial charge in [0.2, 0.25) is 5.91 Å². The summed E-state index contributed by atoms with van der Waals surface area (Å²) < 4.78 is 28.4. The molecule has 0 bridgehead atoms. The molecule has 2 N–H and O–H groups in total. The molecule has 3 rings (SSSR count). The van der Waals surface area contributed by atoms with Crippen LogP contribution in [0.5, 0.6) is 0 Å². The number of benzene rings is 1. The van der Waals surface area contributed by atoms with Crippen LogP contribution >= 0.6 is 0 Å². The number of carbonyl (C=O) groups is 1. The second kappa shape index (κ2) is 7.15. The quantitative estimate of drug-likeness (QED) is 0.802. The monoisotopic (exact) mass is 389 g/mol. The lowest BCUT2D eigenvalue weighted by molar-refractivity contribution is -0.119. The average Bonchev–Trinajstić information content (AvgIpc) is 3.06. The average molecular weight is 389 g/mol. The Bertz CT molecular complexity index is 1020. The van der Waals surface area contributed by atoms with E-state index in [2.05, 4.69) is 20.1 Å². The summed E-state index contributed by atoms with van der Waals surface area (Å²) in [4.78, 5) is 16.5. The molecule has 0 fully saturated rings. The highest BCUT2D eigenvalue weighted by Gasteiger charge is 2.30. The van der Waals surface area contributed by atoms with Crippen LogP contribution in [0.3, 0.4) is 0 Å². The molecule has 9 heteroatoms. The molecular weight excluding hydrogens is 366 g/mol. The number of carbonyl (C=O) groups excluding carboxylic acids is 1. The molecule has 1 amide bonds. The van der Waals surface area contributed by atoms with E-state index in [-0.39, 0.29) is 29.2 Å². The molecule has 1 unspecified atom stereocenters. The Morgan fingerprint density at radius 2 is 2.00 bits per heavy atom. The smallest absolute Gasteiger partial charge is 0.263 e. The predicted octanol–water partition coefficient (Wildman–Crippen LogP) is 1.22. The van der Waals surface area contributed by atoms with E-state index >= 15 is 0 Å². The molecule has 8 nitrogen and oxygen atoms in total. The van der Waals surface area contributed by atoms with Crippen molar-refractivity contribution < 1.29 is 13.2 Å². The van der Waals surface area contributed by atoms with Gasteiger partial charge < -0.3 is 5.32 Å². The summed E-state index contributed by atoms with van der Waals surface area (Å²) >= 11 is 0. The zero-order valence-corrected chi connectivity index (χ0v) is 16.6. The molecule has 1 aliphatic rings.